The maximum atomic E-state index is 6.21. The molecule has 1 heterocycles. The Hall–Kier alpha value is -1.09. The SMILES string of the molecule is CC(C)NCC=Cc1ccc(-c2ccccc2Cl)s1. The van der Waals surface area contributed by atoms with Gasteiger partial charge in [0.2, 0.25) is 0 Å². The van der Waals surface area contributed by atoms with E-state index in [0.29, 0.717) is 6.04 Å². The lowest BCUT2D eigenvalue weighted by atomic mass is 10.2. The highest BCUT2D eigenvalue weighted by molar-refractivity contribution is 7.16. The van der Waals surface area contributed by atoms with Gasteiger partial charge in [0.25, 0.3) is 0 Å². The molecule has 0 unspecified atom stereocenters. The molecule has 0 spiro atoms. The number of hydrogen-bond acceptors (Lipinski definition) is 2. The molecule has 0 radical (unpaired) electrons. The topological polar surface area (TPSA) is 12.0 Å². The molecule has 1 N–H and O–H groups in total. The summed E-state index contributed by atoms with van der Waals surface area (Å²) < 4.78 is 0. The van der Waals surface area contributed by atoms with Crippen molar-refractivity contribution < 1.29 is 0 Å². The summed E-state index contributed by atoms with van der Waals surface area (Å²) in [6.07, 6.45) is 4.31. The predicted octanol–water partition coefficient (Wildman–Crippen LogP) is 5.08. The third kappa shape index (κ3) is 4.20. The van der Waals surface area contributed by atoms with E-state index in [1.54, 1.807) is 11.3 Å². The number of halogens is 1. The zero-order chi connectivity index (χ0) is 13.7. The molecule has 1 aromatic heterocycles. The summed E-state index contributed by atoms with van der Waals surface area (Å²) in [4.78, 5) is 2.46. The molecule has 2 aromatic rings. The number of benzene rings is 1. The molecular formula is C16H18ClNS. The van der Waals surface area contributed by atoms with E-state index in [0.717, 1.165) is 17.1 Å². The largest absolute Gasteiger partial charge is 0.311 e. The van der Waals surface area contributed by atoms with Crippen LogP contribution in [0.3, 0.4) is 0 Å². The first kappa shape index (κ1) is 14.3. The fraction of sp³-hybridized carbons (Fsp3) is 0.250. The molecule has 0 fully saturated rings. The molecule has 0 aliphatic rings. The Balaban J connectivity index is 2.05. The summed E-state index contributed by atoms with van der Waals surface area (Å²) in [5, 5.41) is 4.17. The number of rotatable bonds is 5. The Morgan fingerprint density at radius 1 is 1.21 bits per heavy atom. The second-order valence-electron chi connectivity index (χ2n) is 4.65. The minimum Gasteiger partial charge on any atom is -0.311 e. The summed E-state index contributed by atoms with van der Waals surface area (Å²) in [5.41, 5.74) is 1.11. The fourth-order valence-corrected chi connectivity index (χ4v) is 3.00. The van der Waals surface area contributed by atoms with Crippen LogP contribution in [-0.4, -0.2) is 12.6 Å². The molecule has 100 valence electrons. The third-order valence-corrected chi connectivity index (χ3v) is 4.11. The van der Waals surface area contributed by atoms with Crippen LogP contribution in [0, 0.1) is 0 Å². The van der Waals surface area contributed by atoms with E-state index < -0.39 is 0 Å². The van der Waals surface area contributed by atoms with Gasteiger partial charge in [-0.3, -0.25) is 0 Å². The fourth-order valence-electron chi connectivity index (χ4n) is 1.73. The lowest BCUT2D eigenvalue weighted by Crippen LogP contribution is -2.22. The van der Waals surface area contributed by atoms with Crippen molar-refractivity contribution in [1.29, 1.82) is 0 Å². The number of nitrogens with one attached hydrogen (secondary N) is 1. The van der Waals surface area contributed by atoms with Gasteiger partial charge in [-0.05, 0) is 24.3 Å². The first-order valence-corrected chi connectivity index (χ1v) is 7.61. The summed E-state index contributed by atoms with van der Waals surface area (Å²) >= 11 is 7.97. The van der Waals surface area contributed by atoms with Gasteiger partial charge in [-0.2, -0.15) is 0 Å². The normalized spacial score (nSPS) is 11.6. The number of thiophene rings is 1. The van der Waals surface area contributed by atoms with Gasteiger partial charge in [-0.25, -0.2) is 0 Å². The summed E-state index contributed by atoms with van der Waals surface area (Å²) in [7, 11) is 0. The van der Waals surface area contributed by atoms with Crippen LogP contribution in [0.5, 0.6) is 0 Å². The van der Waals surface area contributed by atoms with Crippen molar-refractivity contribution in [2.75, 3.05) is 6.54 Å². The van der Waals surface area contributed by atoms with E-state index in [9.17, 15) is 0 Å². The van der Waals surface area contributed by atoms with Crippen molar-refractivity contribution in [3.05, 3.63) is 52.4 Å². The van der Waals surface area contributed by atoms with Gasteiger partial charge in [-0.15, -0.1) is 11.3 Å². The summed E-state index contributed by atoms with van der Waals surface area (Å²) in [6, 6.07) is 12.7. The smallest absolute Gasteiger partial charge is 0.0492 e. The molecule has 1 nitrogen and oxygen atoms in total. The second kappa shape index (κ2) is 6.90. The molecule has 1 aromatic carbocycles. The first-order chi connectivity index (χ1) is 9.16. The van der Waals surface area contributed by atoms with Crippen molar-refractivity contribution in [1.82, 2.24) is 5.32 Å². The summed E-state index contributed by atoms with van der Waals surface area (Å²) in [6.45, 7) is 5.19. The van der Waals surface area contributed by atoms with Crippen molar-refractivity contribution in [3.8, 4) is 10.4 Å². The van der Waals surface area contributed by atoms with E-state index in [4.69, 9.17) is 11.6 Å². The van der Waals surface area contributed by atoms with Gasteiger partial charge in [0.1, 0.15) is 0 Å². The van der Waals surface area contributed by atoms with Gasteiger partial charge in [0.05, 0.1) is 0 Å². The molecule has 0 aliphatic carbocycles. The molecule has 0 amide bonds. The first-order valence-electron chi connectivity index (χ1n) is 6.41. The second-order valence-corrected chi connectivity index (χ2v) is 6.17. The van der Waals surface area contributed by atoms with Gasteiger partial charge >= 0.3 is 0 Å². The van der Waals surface area contributed by atoms with E-state index in [2.05, 4.69) is 49.5 Å². The lowest BCUT2D eigenvalue weighted by molar-refractivity contribution is 0.633. The molecule has 3 heteroatoms. The van der Waals surface area contributed by atoms with Crippen LogP contribution in [0.2, 0.25) is 5.02 Å². The Morgan fingerprint density at radius 2 is 2.00 bits per heavy atom. The van der Waals surface area contributed by atoms with E-state index in [1.165, 1.54) is 9.75 Å². The van der Waals surface area contributed by atoms with Crippen molar-refractivity contribution in [2.24, 2.45) is 0 Å². The van der Waals surface area contributed by atoms with Crippen molar-refractivity contribution >= 4 is 29.0 Å². The van der Waals surface area contributed by atoms with Gasteiger partial charge in [-0.1, -0.05) is 49.7 Å². The van der Waals surface area contributed by atoms with Crippen LogP contribution < -0.4 is 5.32 Å². The quantitative estimate of drug-likeness (QED) is 0.810. The Bertz CT molecular complexity index is 557. The average molecular weight is 292 g/mol. The van der Waals surface area contributed by atoms with E-state index in [1.807, 2.05) is 18.2 Å². The highest BCUT2D eigenvalue weighted by atomic mass is 35.5. The van der Waals surface area contributed by atoms with E-state index in [-0.39, 0.29) is 0 Å². The average Bonchev–Trinajstić information content (AvgIpc) is 2.83. The highest BCUT2D eigenvalue weighted by Crippen LogP contribution is 2.33. The Labute approximate surface area is 123 Å². The van der Waals surface area contributed by atoms with E-state index >= 15 is 0 Å². The third-order valence-electron chi connectivity index (χ3n) is 2.69. The molecule has 0 bridgehead atoms. The van der Waals surface area contributed by atoms with Crippen molar-refractivity contribution in [3.63, 3.8) is 0 Å². The zero-order valence-electron chi connectivity index (χ0n) is 11.2. The standard InChI is InChI=1S/C16H18ClNS/c1-12(2)18-11-5-6-13-9-10-16(19-13)14-7-3-4-8-15(14)17/h3-10,12,18H,11H2,1-2H3. The molecule has 0 saturated heterocycles. The molecule has 19 heavy (non-hydrogen) atoms. The van der Waals surface area contributed by atoms with Gasteiger partial charge in [0.15, 0.2) is 0 Å². The van der Waals surface area contributed by atoms with Crippen LogP contribution in [-0.2, 0) is 0 Å². The zero-order valence-corrected chi connectivity index (χ0v) is 12.8. The van der Waals surface area contributed by atoms with Crippen LogP contribution in [0.1, 0.15) is 18.7 Å². The highest BCUT2D eigenvalue weighted by Gasteiger charge is 2.04. The minimum absolute atomic E-state index is 0.520. The molecule has 0 aliphatic heterocycles. The molecule has 0 saturated carbocycles. The van der Waals surface area contributed by atoms with Crippen LogP contribution in [0.25, 0.3) is 16.5 Å². The summed E-state index contributed by atoms with van der Waals surface area (Å²) in [5.74, 6) is 0. The minimum atomic E-state index is 0.520. The van der Waals surface area contributed by atoms with Crippen LogP contribution in [0.4, 0.5) is 0 Å². The monoisotopic (exact) mass is 291 g/mol. The predicted molar refractivity (Wildman–Crippen MR) is 86.9 cm³/mol. The molecular weight excluding hydrogens is 274 g/mol. The van der Waals surface area contributed by atoms with Gasteiger partial charge < -0.3 is 5.32 Å². The van der Waals surface area contributed by atoms with Crippen LogP contribution in [0.15, 0.2) is 42.5 Å². The molecule has 0 atom stereocenters. The number of hydrogen-bond donors (Lipinski definition) is 1. The van der Waals surface area contributed by atoms with Crippen LogP contribution >= 0.6 is 22.9 Å². The van der Waals surface area contributed by atoms with Gasteiger partial charge in [0, 0.05) is 32.9 Å². The Morgan fingerprint density at radius 3 is 2.74 bits per heavy atom. The Kier molecular flexibility index (Phi) is 5.20. The maximum absolute atomic E-state index is 6.21. The maximum Gasteiger partial charge on any atom is 0.0492 e. The van der Waals surface area contributed by atoms with Crippen molar-refractivity contribution in [2.45, 2.75) is 19.9 Å². The lowest BCUT2D eigenvalue weighted by Gasteiger charge is -2.02. The molecule has 2 rings (SSSR count).